The van der Waals surface area contributed by atoms with E-state index in [0.29, 0.717) is 19.7 Å². The second-order valence-corrected chi connectivity index (χ2v) is 5.15. The van der Waals surface area contributed by atoms with Crippen molar-refractivity contribution in [2.24, 2.45) is 0 Å². The summed E-state index contributed by atoms with van der Waals surface area (Å²) in [7, 11) is 1.68. The van der Waals surface area contributed by atoms with Gasteiger partial charge in [-0.25, -0.2) is 4.98 Å². The van der Waals surface area contributed by atoms with Crippen LogP contribution >= 0.6 is 0 Å². The first-order chi connectivity index (χ1) is 9.79. The number of carbonyl (C=O) groups excluding carboxylic acids is 1. The highest BCUT2D eigenvalue weighted by molar-refractivity contribution is 5.76. The monoisotopic (exact) mass is 280 g/mol. The zero-order valence-electron chi connectivity index (χ0n) is 12.2. The van der Waals surface area contributed by atoms with Crippen molar-refractivity contribution < 1.29 is 9.53 Å². The molecule has 0 aromatic carbocycles. The quantitative estimate of drug-likeness (QED) is 0.744. The van der Waals surface area contributed by atoms with Gasteiger partial charge < -0.3 is 19.5 Å². The highest BCUT2D eigenvalue weighted by Gasteiger charge is 2.16. The predicted molar refractivity (Wildman–Crippen MR) is 76.2 cm³/mol. The van der Waals surface area contributed by atoms with Crippen LogP contribution in [-0.2, 0) is 22.6 Å². The largest absolute Gasteiger partial charge is 0.383 e. The zero-order chi connectivity index (χ0) is 14.2. The number of nitrogens with zero attached hydrogens (tertiary/aromatic N) is 3. The molecule has 1 aromatic heterocycles. The molecule has 1 N–H and O–H groups in total. The lowest BCUT2D eigenvalue weighted by Gasteiger charge is -2.26. The van der Waals surface area contributed by atoms with E-state index in [0.717, 1.165) is 38.2 Å². The lowest BCUT2D eigenvalue weighted by atomic mass is 10.1. The summed E-state index contributed by atoms with van der Waals surface area (Å²) in [6, 6.07) is 0. The number of methoxy groups -OCH3 is 1. The molecule has 1 aromatic rings. The fourth-order valence-corrected chi connectivity index (χ4v) is 2.37. The average molecular weight is 280 g/mol. The van der Waals surface area contributed by atoms with Crippen LogP contribution in [0.15, 0.2) is 12.5 Å². The van der Waals surface area contributed by atoms with Crippen molar-refractivity contribution in [2.45, 2.75) is 32.4 Å². The third kappa shape index (κ3) is 4.61. The van der Waals surface area contributed by atoms with E-state index in [1.54, 1.807) is 13.4 Å². The zero-order valence-corrected chi connectivity index (χ0v) is 12.2. The van der Waals surface area contributed by atoms with Gasteiger partial charge in [-0.2, -0.15) is 0 Å². The Kier molecular flexibility index (Phi) is 6.01. The van der Waals surface area contributed by atoms with Gasteiger partial charge in [-0.3, -0.25) is 4.79 Å². The maximum Gasteiger partial charge on any atom is 0.242 e. The normalized spacial score (nSPS) is 15.6. The number of hydrogen-bond acceptors (Lipinski definition) is 4. The van der Waals surface area contributed by atoms with Crippen LogP contribution < -0.4 is 5.32 Å². The molecule has 0 spiro atoms. The van der Waals surface area contributed by atoms with Crippen molar-refractivity contribution in [3.05, 3.63) is 18.2 Å². The molecular weight excluding hydrogens is 256 g/mol. The average Bonchev–Trinajstić information content (AvgIpc) is 2.92. The number of ether oxygens (including phenoxy) is 1. The number of piperidine rings is 1. The molecular formula is C14H24N4O2. The van der Waals surface area contributed by atoms with Crippen LogP contribution in [0.25, 0.3) is 0 Å². The van der Waals surface area contributed by atoms with Crippen molar-refractivity contribution in [3.8, 4) is 0 Å². The number of aromatic nitrogens is 2. The van der Waals surface area contributed by atoms with Crippen LogP contribution in [0, 0.1) is 0 Å². The molecule has 0 radical (unpaired) electrons. The summed E-state index contributed by atoms with van der Waals surface area (Å²) in [6.45, 7) is 4.39. The minimum Gasteiger partial charge on any atom is -0.383 e. The molecule has 0 bridgehead atoms. The number of amides is 1. The SMILES string of the molecule is COCCNCc1cn(CC(=O)N2CCCCC2)cn1. The van der Waals surface area contributed by atoms with Crippen molar-refractivity contribution in [1.82, 2.24) is 19.8 Å². The van der Waals surface area contributed by atoms with E-state index in [1.165, 1.54) is 6.42 Å². The van der Waals surface area contributed by atoms with E-state index < -0.39 is 0 Å². The van der Waals surface area contributed by atoms with Crippen LogP contribution in [0.4, 0.5) is 0 Å². The molecule has 1 aliphatic heterocycles. The lowest BCUT2D eigenvalue weighted by molar-refractivity contribution is -0.132. The molecule has 112 valence electrons. The second kappa shape index (κ2) is 8.01. The summed E-state index contributed by atoms with van der Waals surface area (Å²) < 4.78 is 6.83. The fraction of sp³-hybridized carbons (Fsp3) is 0.714. The first-order valence-electron chi connectivity index (χ1n) is 7.27. The summed E-state index contributed by atoms with van der Waals surface area (Å²) in [5, 5.41) is 3.24. The van der Waals surface area contributed by atoms with Crippen LogP contribution in [0.1, 0.15) is 25.0 Å². The number of carbonyl (C=O) groups is 1. The van der Waals surface area contributed by atoms with Gasteiger partial charge in [0.15, 0.2) is 0 Å². The van der Waals surface area contributed by atoms with Gasteiger partial charge in [0, 0.05) is 39.5 Å². The van der Waals surface area contributed by atoms with Gasteiger partial charge in [-0.15, -0.1) is 0 Å². The summed E-state index contributed by atoms with van der Waals surface area (Å²) in [4.78, 5) is 18.4. The van der Waals surface area contributed by atoms with Crippen molar-refractivity contribution in [2.75, 3.05) is 33.4 Å². The van der Waals surface area contributed by atoms with Gasteiger partial charge in [0.1, 0.15) is 6.54 Å². The summed E-state index contributed by atoms with van der Waals surface area (Å²) in [5.74, 6) is 0.195. The molecule has 0 saturated carbocycles. The minimum absolute atomic E-state index is 0.195. The molecule has 1 saturated heterocycles. The maximum absolute atomic E-state index is 12.1. The number of hydrogen-bond donors (Lipinski definition) is 1. The van der Waals surface area contributed by atoms with Crippen LogP contribution in [-0.4, -0.2) is 53.7 Å². The third-order valence-electron chi connectivity index (χ3n) is 3.50. The molecule has 0 aliphatic carbocycles. The van der Waals surface area contributed by atoms with Gasteiger partial charge in [0.2, 0.25) is 5.91 Å². The molecule has 1 fully saturated rings. The molecule has 6 heteroatoms. The van der Waals surface area contributed by atoms with Crippen molar-refractivity contribution in [3.63, 3.8) is 0 Å². The standard InChI is InChI=1S/C14H24N4O2/c1-20-8-5-15-9-13-10-17(12-16-13)11-14(19)18-6-3-2-4-7-18/h10,12,15H,2-9,11H2,1H3. The van der Waals surface area contributed by atoms with E-state index in [-0.39, 0.29) is 5.91 Å². The van der Waals surface area contributed by atoms with Gasteiger partial charge in [0.25, 0.3) is 0 Å². The van der Waals surface area contributed by atoms with E-state index in [4.69, 9.17) is 4.74 Å². The number of nitrogens with one attached hydrogen (secondary N) is 1. The van der Waals surface area contributed by atoms with Gasteiger partial charge >= 0.3 is 0 Å². The Balaban J connectivity index is 1.75. The Bertz CT molecular complexity index is 413. The summed E-state index contributed by atoms with van der Waals surface area (Å²) >= 11 is 0. The van der Waals surface area contributed by atoms with E-state index in [1.807, 2.05) is 15.7 Å². The van der Waals surface area contributed by atoms with Crippen LogP contribution in [0.2, 0.25) is 0 Å². The molecule has 2 rings (SSSR count). The number of rotatable bonds is 7. The third-order valence-corrected chi connectivity index (χ3v) is 3.50. The van der Waals surface area contributed by atoms with Gasteiger partial charge in [-0.1, -0.05) is 0 Å². The Morgan fingerprint density at radius 2 is 2.20 bits per heavy atom. The Morgan fingerprint density at radius 3 is 2.95 bits per heavy atom. The van der Waals surface area contributed by atoms with E-state index >= 15 is 0 Å². The van der Waals surface area contributed by atoms with Gasteiger partial charge in [-0.05, 0) is 19.3 Å². The predicted octanol–water partition coefficient (Wildman–Crippen LogP) is 0.632. The Hall–Kier alpha value is -1.40. The minimum atomic E-state index is 0.195. The van der Waals surface area contributed by atoms with Crippen molar-refractivity contribution in [1.29, 1.82) is 0 Å². The molecule has 0 unspecified atom stereocenters. The molecule has 6 nitrogen and oxygen atoms in total. The number of imidazole rings is 1. The first kappa shape index (κ1) is 15.0. The van der Waals surface area contributed by atoms with Crippen molar-refractivity contribution >= 4 is 5.91 Å². The Morgan fingerprint density at radius 1 is 1.40 bits per heavy atom. The van der Waals surface area contributed by atoms with Gasteiger partial charge in [0.05, 0.1) is 18.6 Å². The second-order valence-electron chi connectivity index (χ2n) is 5.15. The van der Waals surface area contributed by atoms with Crippen LogP contribution in [0.3, 0.4) is 0 Å². The summed E-state index contributed by atoms with van der Waals surface area (Å²) in [5.41, 5.74) is 0.951. The molecule has 2 heterocycles. The molecule has 0 atom stereocenters. The highest BCUT2D eigenvalue weighted by Crippen LogP contribution is 2.09. The Labute approximate surface area is 120 Å². The number of likely N-dealkylation sites (tertiary alicyclic amines) is 1. The van der Waals surface area contributed by atoms with Crippen LogP contribution in [0.5, 0.6) is 0 Å². The lowest BCUT2D eigenvalue weighted by Crippen LogP contribution is -2.37. The molecule has 1 aliphatic rings. The molecule has 1 amide bonds. The fourth-order valence-electron chi connectivity index (χ4n) is 2.37. The first-order valence-corrected chi connectivity index (χ1v) is 7.27. The van der Waals surface area contributed by atoms with E-state index in [2.05, 4.69) is 10.3 Å². The molecule has 20 heavy (non-hydrogen) atoms. The highest BCUT2D eigenvalue weighted by atomic mass is 16.5. The maximum atomic E-state index is 12.1. The topological polar surface area (TPSA) is 59.4 Å². The van der Waals surface area contributed by atoms with E-state index in [9.17, 15) is 4.79 Å². The smallest absolute Gasteiger partial charge is 0.242 e. The summed E-state index contributed by atoms with van der Waals surface area (Å²) in [6.07, 6.45) is 7.16.